The van der Waals surface area contributed by atoms with Crippen molar-refractivity contribution in [1.82, 2.24) is 9.97 Å². The van der Waals surface area contributed by atoms with Crippen LogP contribution in [0.3, 0.4) is 0 Å². The molecule has 2 rings (SSSR count). The summed E-state index contributed by atoms with van der Waals surface area (Å²) in [5.41, 5.74) is 6.80. The van der Waals surface area contributed by atoms with Crippen molar-refractivity contribution in [3.05, 3.63) is 46.4 Å². The Morgan fingerprint density at radius 2 is 2.22 bits per heavy atom. The van der Waals surface area contributed by atoms with E-state index in [0.29, 0.717) is 24.5 Å². The number of H-pyrrole nitrogens is 1. The first-order valence-electron chi connectivity index (χ1n) is 5.67. The molecule has 0 aliphatic carbocycles. The van der Waals surface area contributed by atoms with Crippen molar-refractivity contribution in [2.24, 2.45) is 5.73 Å². The highest BCUT2D eigenvalue weighted by Gasteiger charge is 2.04. The summed E-state index contributed by atoms with van der Waals surface area (Å²) in [6.45, 7) is 0.466. The van der Waals surface area contributed by atoms with Crippen molar-refractivity contribution in [2.45, 2.75) is 6.42 Å². The van der Waals surface area contributed by atoms with E-state index in [9.17, 15) is 4.79 Å². The fourth-order valence-corrected chi connectivity index (χ4v) is 1.69. The number of ether oxygens (including phenoxy) is 1. The van der Waals surface area contributed by atoms with E-state index in [1.165, 1.54) is 6.07 Å². The lowest BCUT2D eigenvalue weighted by Crippen LogP contribution is -2.13. The van der Waals surface area contributed by atoms with Gasteiger partial charge in [0.25, 0.3) is 5.56 Å². The molecule has 0 saturated carbocycles. The number of aromatic nitrogens is 2. The number of hydrogen-bond acceptors (Lipinski definition) is 4. The Hall–Kier alpha value is -2.14. The minimum atomic E-state index is -0.175. The van der Waals surface area contributed by atoms with Crippen LogP contribution < -0.4 is 16.0 Å². The Labute approximate surface area is 105 Å². The summed E-state index contributed by atoms with van der Waals surface area (Å²) in [6.07, 6.45) is 0.584. The third kappa shape index (κ3) is 2.75. The Kier molecular flexibility index (Phi) is 3.74. The smallest absolute Gasteiger partial charge is 0.251 e. The average Bonchev–Trinajstić information content (AvgIpc) is 2.38. The van der Waals surface area contributed by atoms with Gasteiger partial charge in [0, 0.05) is 23.7 Å². The summed E-state index contributed by atoms with van der Waals surface area (Å²) in [6, 6.07) is 8.85. The fraction of sp³-hybridized carbons (Fsp3) is 0.231. The van der Waals surface area contributed by atoms with Crippen LogP contribution in [0.5, 0.6) is 5.75 Å². The van der Waals surface area contributed by atoms with Gasteiger partial charge in [0.15, 0.2) is 0 Å². The topological polar surface area (TPSA) is 81.0 Å². The van der Waals surface area contributed by atoms with Gasteiger partial charge in [-0.05, 0) is 18.7 Å². The van der Waals surface area contributed by atoms with Crippen LogP contribution in [0, 0.1) is 0 Å². The highest BCUT2D eigenvalue weighted by atomic mass is 16.5. The number of methoxy groups -OCH3 is 1. The van der Waals surface area contributed by atoms with E-state index in [1.54, 1.807) is 7.11 Å². The van der Waals surface area contributed by atoms with Crippen LogP contribution in [0.4, 0.5) is 0 Å². The van der Waals surface area contributed by atoms with Crippen LogP contribution in [0.15, 0.2) is 35.1 Å². The van der Waals surface area contributed by atoms with E-state index in [2.05, 4.69) is 9.97 Å². The maximum absolute atomic E-state index is 11.5. The zero-order valence-electron chi connectivity index (χ0n) is 10.1. The van der Waals surface area contributed by atoms with E-state index in [0.717, 1.165) is 11.3 Å². The molecule has 5 nitrogen and oxygen atoms in total. The van der Waals surface area contributed by atoms with Crippen LogP contribution in [-0.2, 0) is 6.42 Å². The molecular weight excluding hydrogens is 230 g/mol. The Morgan fingerprint density at radius 3 is 2.94 bits per heavy atom. The van der Waals surface area contributed by atoms with Crippen LogP contribution in [0.25, 0.3) is 11.4 Å². The molecule has 0 unspecified atom stereocenters. The average molecular weight is 245 g/mol. The van der Waals surface area contributed by atoms with Gasteiger partial charge in [-0.3, -0.25) is 4.79 Å². The highest BCUT2D eigenvalue weighted by Crippen LogP contribution is 2.19. The van der Waals surface area contributed by atoms with Crippen molar-refractivity contribution in [1.29, 1.82) is 0 Å². The first-order valence-corrected chi connectivity index (χ1v) is 5.67. The number of nitrogens with two attached hydrogens (primary N) is 1. The van der Waals surface area contributed by atoms with E-state index in [-0.39, 0.29) is 5.56 Å². The lowest BCUT2D eigenvalue weighted by Gasteiger charge is -2.05. The molecule has 18 heavy (non-hydrogen) atoms. The minimum Gasteiger partial charge on any atom is -0.497 e. The van der Waals surface area contributed by atoms with E-state index >= 15 is 0 Å². The molecule has 94 valence electrons. The SMILES string of the molecule is COc1cccc(-c2nc(CCN)cc(=O)[nH]2)c1. The molecule has 5 heteroatoms. The second-order valence-electron chi connectivity index (χ2n) is 3.86. The molecular formula is C13H15N3O2. The quantitative estimate of drug-likeness (QED) is 0.840. The van der Waals surface area contributed by atoms with E-state index in [1.807, 2.05) is 24.3 Å². The van der Waals surface area contributed by atoms with E-state index < -0.39 is 0 Å². The molecule has 0 aliphatic rings. The number of aromatic amines is 1. The zero-order valence-corrected chi connectivity index (χ0v) is 10.1. The van der Waals surface area contributed by atoms with E-state index in [4.69, 9.17) is 10.5 Å². The standard InChI is InChI=1S/C13H15N3O2/c1-18-11-4-2-3-9(7-11)13-15-10(5-6-14)8-12(17)16-13/h2-4,7-8H,5-6,14H2,1H3,(H,15,16,17). The monoisotopic (exact) mass is 245 g/mol. The summed E-state index contributed by atoms with van der Waals surface area (Å²) < 4.78 is 5.14. The number of benzene rings is 1. The zero-order chi connectivity index (χ0) is 13.0. The molecule has 0 saturated heterocycles. The van der Waals surface area contributed by atoms with Crippen molar-refractivity contribution in [3.63, 3.8) is 0 Å². The van der Waals surface area contributed by atoms with Gasteiger partial charge in [-0.1, -0.05) is 12.1 Å². The number of nitrogens with one attached hydrogen (secondary N) is 1. The second kappa shape index (κ2) is 5.46. The molecule has 3 N–H and O–H groups in total. The van der Waals surface area contributed by atoms with Gasteiger partial charge in [0.05, 0.1) is 7.11 Å². The fourth-order valence-electron chi connectivity index (χ4n) is 1.69. The Bertz CT molecular complexity index is 593. The number of hydrogen-bond donors (Lipinski definition) is 2. The molecule has 2 aromatic rings. The molecule has 0 atom stereocenters. The first kappa shape index (κ1) is 12.3. The number of nitrogens with zero attached hydrogens (tertiary/aromatic N) is 1. The molecule has 1 aromatic heterocycles. The molecule has 1 heterocycles. The lowest BCUT2D eigenvalue weighted by atomic mass is 10.2. The Morgan fingerprint density at radius 1 is 1.39 bits per heavy atom. The molecule has 0 spiro atoms. The summed E-state index contributed by atoms with van der Waals surface area (Å²) in [5, 5.41) is 0. The summed E-state index contributed by atoms with van der Waals surface area (Å²) >= 11 is 0. The minimum absolute atomic E-state index is 0.175. The van der Waals surface area contributed by atoms with Gasteiger partial charge in [-0.2, -0.15) is 0 Å². The van der Waals surface area contributed by atoms with Crippen LogP contribution in [0.2, 0.25) is 0 Å². The summed E-state index contributed by atoms with van der Waals surface area (Å²) in [4.78, 5) is 18.6. The van der Waals surface area contributed by atoms with Gasteiger partial charge >= 0.3 is 0 Å². The van der Waals surface area contributed by atoms with Crippen molar-refractivity contribution < 1.29 is 4.74 Å². The predicted molar refractivity (Wildman–Crippen MR) is 69.6 cm³/mol. The normalized spacial score (nSPS) is 10.3. The largest absolute Gasteiger partial charge is 0.497 e. The van der Waals surface area contributed by atoms with Gasteiger partial charge in [-0.15, -0.1) is 0 Å². The van der Waals surface area contributed by atoms with Gasteiger partial charge in [0.2, 0.25) is 0 Å². The molecule has 0 aliphatic heterocycles. The van der Waals surface area contributed by atoms with Crippen LogP contribution in [0.1, 0.15) is 5.69 Å². The molecule has 0 radical (unpaired) electrons. The van der Waals surface area contributed by atoms with Crippen LogP contribution in [-0.4, -0.2) is 23.6 Å². The van der Waals surface area contributed by atoms with Crippen molar-refractivity contribution >= 4 is 0 Å². The summed E-state index contributed by atoms with van der Waals surface area (Å²) in [7, 11) is 1.60. The lowest BCUT2D eigenvalue weighted by molar-refractivity contribution is 0.415. The van der Waals surface area contributed by atoms with Gasteiger partial charge in [0.1, 0.15) is 11.6 Å². The predicted octanol–water partition coefficient (Wildman–Crippen LogP) is 0.947. The maximum Gasteiger partial charge on any atom is 0.251 e. The van der Waals surface area contributed by atoms with Crippen LogP contribution >= 0.6 is 0 Å². The molecule has 0 bridgehead atoms. The molecule has 0 amide bonds. The Balaban J connectivity index is 2.45. The van der Waals surface area contributed by atoms with Gasteiger partial charge in [-0.25, -0.2) is 4.98 Å². The van der Waals surface area contributed by atoms with Crippen molar-refractivity contribution in [3.8, 4) is 17.1 Å². The summed E-state index contributed by atoms with van der Waals surface area (Å²) in [5.74, 6) is 1.25. The number of rotatable bonds is 4. The third-order valence-corrected chi connectivity index (χ3v) is 2.54. The second-order valence-corrected chi connectivity index (χ2v) is 3.86. The maximum atomic E-state index is 11.5. The molecule has 0 fully saturated rings. The first-order chi connectivity index (χ1) is 8.72. The van der Waals surface area contributed by atoms with Crippen molar-refractivity contribution in [2.75, 3.05) is 13.7 Å². The molecule has 1 aromatic carbocycles. The highest BCUT2D eigenvalue weighted by molar-refractivity contribution is 5.57. The third-order valence-electron chi connectivity index (χ3n) is 2.54. The van der Waals surface area contributed by atoms with Gasteiger partial charge < -0.3 is 15.5 Å².